The van der Waals surface area contributed by atoms with E-state index in [9.17, 15) is 0 Å². The number of hydrogen-bond acceptors (Lipinski definition) is 2. The van der Waals surface area contributed by atoms with E-state index >= 15 is 0 Å². The van der Waals surface area contributed by atoms with Gasteiger partial charge in [-0.3, -0.25) is 4.57 Å². The molecule has 0 amide bonds. The SMILES string of the molecule is Cc1c(-n2ccnc2NC(C)c2ccc(Cl)cc2)ccc2ccccc12. The maximum absolute atomic E-state index is 5.99. The molecule has 0 radical (unpaired) electrons. The van der Waals surface area contributed by atoms with Crippen molar-refractivity contribution < 1.29 is 0 Å². The van der Waals surface area contributed by atoms with E-state index in [2.05, 4.69) is 65.1 Å². The Morgan fingerprint density at radius 2 is 1.77 bits per heavy atom. The van der Waals surface area contributed by atoms with Crippen LogP contribution in [0.15, 0.2) is 73.1 Å². The average Bonchev–Trinajstić information content (AvgIpc) is 3.10. The zero-order valence-corrected chi connectivity index (χ0v) is 15.5. The van der Waals surface area contributed by atoms with E-state index in [4.69, 9.17) is 11.6 Å². The molecule has 130 valence electrons. The van der Waals surface area contributed by atoms with Crippen molar-refractivity contribution in [2.45, 2.75) is 19.9 Å². The van der Waals surface area contributed by atoms with Crippen LogP contribution in [0.4, 0.5) is 5.95 Å². The topological polar surface area (TPSA) is 29.9 Å². The molecular formula is C22H20ClN3. The monoisotopic (exact) mass is 361 g/mol. The Morgan fingerprint density at radius 3 is 2.58 bits per heavy atom. The first-order valence-electron chi connectivity index (χ1n) is 8.67. The molecule has 1 atom stereocenters. The molecule has 4 rings (SSSR count). The van der Waals surface area contributed by atoms with Gasteiger partial charge < -0.3 is 5.32 Å². The molecule has 0 spiro atoms. The van der Waals surface area contributed by atoms with Gasteiger partial charge in [0, 0.05) is 17.4 Å². The summed E-state index contributed by atoms with van der Waals surface area (Å²) in [7, 11) is 0. The third kappa shape index (κ3) is 3.06. The van der Waals surface area contributed by atoms with Gasteiger partial charge >= 0.3 is 0 Å². The van der Waals surface area contributed by atoms with E-state index in [0.717, 1.165) is 16.7 Å². The van der Waals surface area contributed by atoms with E-state index in [1.54, 1.807) is 0 Å². The van der Waals surface area contributed by atoms with Gasteiger partial charge in [-0.05, 0) is 53.9 Å². The Morgan fingerprint density at radius 1 is 1.00 bits per heavy atom. The van der Waals surface area contributed by atoms with Gasteiger partial charge in [0.25, 0.3) is 0 Å². The van der Waals surface area contributed by atoms with Gasteiger partial charge in [-0.1, -0.05) is 54.1 Å². The van der Waals surface area contributed by atoms with Gasteiger partial charge in [0.1, 0.15) is 0 Å². The van der Waals surface area contributed by atoms with E-state index in [0.29, 0.717) is 0 Å². The first kappa shape index (κ1) is 16.7. The van der Waals surface area contributed by atoms with E-state index in [1.165, 1.54) is 21.9 Å². The number of anilines is 1. The summed E-state index contributed by atoms with van der Waals surface area (Å²) in [6, 6.07) is 20.8. The minimum atomic E-state index is 0.120. The number of aromatic nitrogens is 2. The highest BCUT2D eigenvalue weighted by Gasteiger charge is 2.13. The first-order valence-corrected chi connectivity index (χ1v) is 9.05. The molecule has 1 N–H and O–H groups in total. The van der Waals surface area contributed by atoms with Crippen LogP contribution in [0.2, 0.25) is 5.02 Å². The minimum Gasteiger partial charge on any atom is -0.349 e. The molecule has 0 fully saturated rings. The summed E-state index contributed by atoms with van der Waals surface area (Å²) in [5.74, 6) is 0.825. The lowest BCUT2D eigenvalue weighted by Gasteiger charge is -2.18. The zero-order chi connectivity index (χ0) is 18.1. The molecule has 0 aliphatic rings. The normalized spacial score (nSPS) is 12.3. The number of imidazole rings is 1. The Kier molecular flexibility index (Phi) is 4.39. The van der Waals surface area contributed by atoms with Crippen molar-refractivity contribution in [3.05, 3.63) is 89.2 Å². The Bertz CT molecular complexity index is 1050. The van der Waals surface area contributed by atoms with Crippen molar-refractivity contribution in [3.63, 3.8) is 0 Å². The van der Waals surface area contributed by atoms with Crippen molar-refractivity contribution in [2.24, 2.45) is 0 Å². The van der Waals surface area contributed by atoms with E-state index < -0.39 is 0 Å². The van der Waals surface area contributed by atoms with Gasteiger partial charge in [-0.15, -0.1) is 0 Å². The fourth-order valence-corrected chi connectivity index (χ4v) is 3.44. The lowest BCUT2D eigenvalue weighted by Crippen LogP contribution is -2.11. The summed E-state index contributed by atoms with van der Waals surface area (Å²) in [4.78, 5) is 4.52. The molecule has 0 bridgehead atoms. The number of nitrogens with zero attached hydrogens (tertiary/aromatic N) is 2. The highest BCUT2D eigenvalue weighted by molar-refractivity contribution is 6.30. The maximum Gasteiger partial charge on any atom is 0.207 e. The summed E-state index contributed by atoms with van der Waals surface area (Å²) < 4.78 is 2.11. The maximum atomic E-state index is 5.99. The van der Waals surface area contributed by atoms with Crippen LogP contribution < -0.4 is 5.32 Å². The van der Waals surface area contributed by atoms with Gasteiger partial charge in [-0.2, -0.15) is 0 Å². The second-order valence-corrected chi connectivity index (χ2v) is 6.91. The predicted octanol–water partition coefficient (Wildman–Crippen LogP) is 6.16. The molecular weight excluding hydrogens is 342 g/mol. The molecule has 26 heavy (non-hydrogen) atoms. The molecule has 0 aliphatic carbocycles. The lowest BCUT2D eigenvalue weighted by atomic mass is 10.0. The summed E-state index contributed by atoms with van der Waals surface area (Å²) in [5, 5.41) is 6.76. The number of nitrogens with one attached hydrogen (secondary N) is 1. The van der Waals surface area contributed by atoms with E-state index in [-0.39, 0.29) is 6.04 Å². The van der Waals surface area contributed by atoms with Crippen molar-refractivity contribution in [2.75, 3.05) is 5.32 Å². The smallest absolute Gasteiger partial charge is 0.207 e. The van der Waals surface area contributed by atoms with Crippen molar-refractivity contribution in [1.29, 1.82) is 0 Å². The van der Waals surface area contributed by atoms with Crippen LogP contribution in [0.5, 0.6) is 0 Å². The van der Waals surface area contributed by atoms with Crippen molar-refractivity contribution in [3.8, 4) is 5.69 Å². The minimum absolute atomic E-state index is 0.120. The van der Waals surface area contributed by atoms with Gasteiger partial charge in [-0.25, -0.2) is 4.98 Å². The number of hydrogen-bond donors (Lipinski definition) is 1. The number of benzene rings is 3. The van der Waals surface area contributed by atoms with Crippen molar-refractivity contribution in [1.82, 2.24) is 9.55 Å². The molecule has 1 heterocycles. The van der Waals surface area contributed by atoms with Crippen LogP contribution >= 0.6 is 11.6 Å². The molecule has 3 aromatic carbocycles. The molecule has 0 saturated heterocycles. The molecule has 1 aromatic heterocycles. The fourth-order valence-electron chi connectivity index (χ4n) is 3.31. The van der Waals surface area contributed by atoms with Gasteiger partial charge in [0.15, 0.2) is 0 Å². The molecule has 4 heteroatoms. The Balaban J connectivity index is 1.69. The summed E-state index contributed by atoms with van der Waals surface area (Å²) >= 11 is 5.99. The molecule has 1 unspecified atom stereocenters. The molecule has 4 aromatic rings. The van der Waals surface area contributed by atoms with Crippen LogP contribution in [-0.2, 0) is 0 Å². The van der Waals surface area contributed by atoms with Crippen LogP contribution in [-0.4, -0.2) is 9.55 Å². The van der Waals surface area contributed by atoms with Crippen LogP contribution in [0.25, 0.3) is 16.5 Å². The third-order valence-corrected chi connectivity index (χ3v) is 5.04. The summed E-state index contributed by atoms with van der Waals surface area (Å²) in [6.07, 6.45) is 3.82. The summed E-state index contributed by atoms with van der Waals surface area (Å²) in [6.45, 7) is 4.28. The number of fused-ring (bicyclic) bond motifs is 1. The molecule has 3 nitrogen and oxygen atoms in total. The number of aryl methyl sites for hydroxylation is 1. The molecule has 0 aliphatic heterocycles. The second kappa shape index (κ2) is 6.85. The van der Waals surface area contributed by atoms with Gasteiger partial charge in [0.2, 0.25) is 5.95 Å². The Hall–Kier alpha value is -2.78. The Labute approximate surface area is 158 Å². The first-order chi connectivity index (χ1) is 12.6. The highest BCUT2D eigenvalue weighted by Crippen LogP contribution is 2.28. The number of rotatable bonds is 4. The fraction of sp³-hybridized carbons (Fsp3) is 0.136. The van der Waals surface area contributed by atoms with Crippen LogP contribution in [0, 0.1) is 6.92 Å². The predicted molar refractivity (Wildman–Crippen MR) is 109 cm³/mol. The van der Waals surface area contributed by atoms with Crippen LogP contribution in [0.3, 0.4) is 0 Å². The third-order valence-electron chi connectivity index (χ3n) is 4.79. The van der Waals surface area contributed by atoms with E-state index in [1.807, 2.05) is 36.7 Å². The standard InChI is InChI=1S/C22H20ClN3/c1-15-20-6-4-3-5-18(20)9-12-21(15)26-14-13-24-22(26)25-16(2)17-7-10-19(23)11-8-17/h3-14,16H,1-2H3,(H,24,25). The van der Waals surface area contributed by atoms with Gasteiger partial charge in [0.05, 0.1) is 11.7 Å². The highest BCUT2D eigenvalue weighted by atomic mass is 35.5. The van der Waals surface area contributed by atoms with Crippen LogP contribution in [0.1, 0.15) is 24.1 Å². The van der Waals surface area contributed by atoms with Crippen molar-refractivity contribution >= 4 is 28.3 Å². The molecule has 0 saturated carbocycles. The largest absolute Gasteiger partial charge is 0.349 e. The number of halogens is 1. The lowest BCUT2D eigenvalue weighted by molar-refractivity contribution is 0.850. The second-order valence-electron chi connectivity index (χ2n) is 6.47. The average molecular weight is 362 g/mol. The zero-order valence-electron chi connectivity index (χ0n) is 14.8. The quantitative estimate of drug-likeness (QED) is 0.471. The summed E-state index contributed by atoms with van der Waals surface area (Å²) in [5.41, 5.74) is 3.54.